The second-order valence-corrected chi connectivity index (χ2v) is 7.11. The summed E-state index contributed by atoms with van der Waals surface area (Å²) >= 11 is 1.51. The van der Waals surface area contributed by atoms with Crippen LogP contribution < -0.4 is 5.32 Å². The molecule has 0 saturated heterocycles. The van der Waals surface area contributed by atoms with Crippen LogP contribution in [0.1, 0.15) is 28.2 Å². The number of nitrogens with zero attached hydrogens (tertiary/aromatic N) is 1. The predicted molar refractivity (Wildman–Crippen MR) is 96.5 cm³/mol. The van der Waals surface area contributed by atoms with Crippen LogP contribution in [-0.4, -0.2) is 16.9 Å². The van der Waals surface area contributed by atoms with Crippen molar-refractivity contribution in [1.29, 1.82) is 0 Å². The van der Waals surface area contributed by atoms with Gasteiger partial charge in [-0.3, -0.25) is 4.79 Å². The molecule has 1 aliphatic carbocycles. The molecule has 2 aromatic carbocycles. The van der Waals surface area contributed by atoms with Crippen molar-refractivity contribution < 1.29 is 14.3 Å². The maximum atomic E-state index is 12.3. The lowest BCUT2D eigenvalue weighted by atomic mass is 10.2. The third kappa shape index (κ3) is 3.69. The Kier molecular flexibility index (Phi) is 4.19. The number of rotatable bonds is 5. The number of amides is 1. The summed E-state index contributed by atoms with van der Waals surface area (Å²) in [5.74, 6) is -0.295. The summed E-state index contributed by atoms with van der Waals surface area (Å²) in [5, 5.41) is 3.59. The van der Waals surface area contributed by atoms with Crippen LogP contribution in [0.5, 0.6) is 0 Å². The Morgan fingerprint density at radius 2 is 2.00 bits per heavy atom. The van der Waals surface area contributed by atoms with Gasteiger partial charge in [-0.15, -0.1) is 11.3 Å². The van der Waals surface area contributed by atoms with Crippen LogP contribution in [-0.2, 0) is 16.1 Å². The van der Waals surface area contributed by atoms with E-state index in [4.69, 9.17) is 4.74 Å². The zero-order valence-electron chi connectivity index (χ0n) is 13.4. The molecule has 126 valence electrons. The van der Waals surface area contributed by atoms with E-state index in [0.29, 0.717) is 11.3 Å². The number of hydrogen-bond donors (Lipinski definition) is 1. The maximum Gasteiger partial charge on any atom is 0.338 e. The molecular weight excluding hydrogens is 336 g/mol. The van der Waals surface area contributed by atoms with Crippen LogP contribution in [0.4, 0.5) is 5.69 Å². The van der Waals surface area contributed by atoms with E-state index < -0.39 is 5.97 Å². The van der Waals surface area contributed by atoms with Gasteiger partial charge in [-0.2, -0.15) is 0 Å². The van der Waals surface area contributed by atoms with Gasteiger partial charge < -0.3 is 10.1 Å². The van der Waals surface area contributed by atoms with E-state index >= 15 is 0 Å². The molecule has 0 spiro atoms. The molecule has 1 aromatic heterocycles. The minimum Gasteiger partial charge on any atom is -0.455 e. The van der Waals surface area contributed by atoms with Crippen molar-refractivity contribution in [3.05, 3.63) is 59.1 Å². The molecule has 5 nitrogen and oxygen atoms in total. The van der Waals surface area contributed by atoms with E-state index in [0.717, 1.165) is 28.1 Å². The maximum absolute atomic E-state index is 12.3. The number of esters is 1. The Labute approximate surface area is 148 Å². The van der Waals surface area contributed by atoms with E-state index in [1.165, 1.54) is 11.3 Å². The molecule has 1 fully saturated rings. The number of aromatic nitrogens is 1. The molecule has 0 aliphatic heterocycles. The Balaban J connectivity index is 1.41. The normalized spacial score (nSPS) is 13.6. The number of carbonyl (C=O) groups is 2. The van der Waals surface area contributed by atoms with Crippen molar-refractivity contribution in [2.75, 3.05) is 5.32 Å². The number of thiazole rings is 1. The molecule has 0 unspecified atom stereocenters. The van der Waals surface area contributed by atoms with E-state index in [9.17, 15) is 9.59 Å². The Morgan fingerprint density at radius 1 is 1.16 bits per heavy atom. The number of fused-ring (bicyclic) bond motifs is 1. The number of nitrogens with one attached hydrogen (secondary N) is 1. The lowest BCUT2D eigenvalue weighted by molar-refractivity contribution is -0.117. The van der Waals surface area contributed by atoms with Crippen LogP contribution in [0.3, 0.4) is 0 Å². The number of ether oxygens (including phenoxy) is 1. The van der Waals surface area contributed by atoms with E-state index in [1.807, 2.05) is 24.3 Å². The third-order valence-corrected chi connectivity index (χ3v) is 4.99. The largest absolute Gasteiger partial charge is 0.455 e. The first-order valence-electron chi connectivity index (χ1n) is 8.11. The first-order chi connectivity index (χ1) is 12.2. The first-order valence-corrected chi connectivity index (χ1v) is 8.93. The molecule has 0 bridgehead atoms. The standard InChI is InChI=1S/C19H16N2O3S/c22-18(12-8-9-12)20-14-5-3-4-13(10-14)19(23)24-11-17-21-15-6-1-2-7-16(15)25-17/h1-7,10,12H,8-9,11H2,(H,20,22). The van der Waals surface area contributed by atoms with Crippen molar-refractivity contribution in [2.24, 2.45) is 5.92 Å². The number of para-hydroxylation sites is 1. The smallest absolute Gasteiger partial charge is 0.338 e. The molecule has 4 rings (SSSR count). The molecule has 3 aromatic rings. The highest BCUT2D eigenvalue weighted by Gasteiger charge is 2.29. The van der Waals surface area contributed by atoms with Crippen molar-refractivity contribution in [2.45, 2.75) is 19.4 Å². The van der Waals surface area contributed by atoms with E-state index in [1.54, 1.807) is 24.3 Å². The highest BCUT2D eigenvalue weighted by atomic mass is 32.1. The molecular formula is C19H16N2O3S. The lowest BCUT2D eigenvalue weighted by Gasteiger charge is -2.07. The van der Waals surface area contributed by atoms with Gasteiger partial charge in [-0.1, -0.05) is 18.2 Å². The monoisotopic (exact) mass is 352 g/mol. The van der Waals surface area contributed by atoms with Crippen molar-refractivity contribution in [3.8, 4) is 0 Å². The van der Waals surface area contributed by atoms with Crippen LogP contribution >= 0.6 is 11.3 Å². The second kappa shape index (κ2) is 6.64. The molecule has 6 heteroatoms. The minimum absolute atomic E-state index is 0.0139. The van der Waals surface area contributed by atoms with Crippen molar-refractivity contribution in [3.63, 3.8) is 0 Å². The summed E-state index contributed by atoms with van der Waals surface area (Å²) < 4.78 is 6.43. The summed E-state index contributed by atoms with van der Waals surface area (Å²) in [4.78, 5) is 28.5. The van der Waals surface area contributed by atoms with Gasteiger partial charge in [-0.05, 0) is 43.2 Å². The summed E-state index contributed by atoms with van der Waals surface area (Å²) in [6.45, 7) is 0.136. The van der Waals surface area contributed by atoms with Crippen molar-refractivity contribution >= 4 is 39.1 Å². The van der Waals surface area contributed by atoms with Gasteiger partial charge >= 0.3 is 5.97 Å². The molecule has 1 N–H and O–H groups in total. The minimum atomic E-state index is -0.429. The van der Waals surface area contributed by atoms with Gasteiger partial charge in [0.25, 0.3) is 0 Å². The molecule has 1 heterocycles. The average Bonchev–Trinajstić information content (AvgIpc) is 3.39. The molecule has 1 aliphatic rings. The quantitative estimate of drug-likeness (QED) is 0.705. The van der Waals surface area contributed by atoms with Gasteiger partial charge in [0.05, 0.1) is 15.8 Å². The zero-order chi connectivity index (χ0) is 17.2. The lowest BCUT2D eigenvalue weighted by Crippen LogP contribution is -2.14. The van der Waals surface area contributed by atoms with Gasteiger partial charge in [0.1, 0.15) is 11.6 Å². The fourth-order valence-corrected chi connectivity index (χ4v) is 3.39. The number of hydrogen-bond acceptors (Lipinski definition) is 5. The van der Waals surface area contributed by atoms with Crippen LogP contribution in [0.25, 0.3) is 10.2 Å². The van der Waals surface area contributed by atoms with Gasteiger partial charge in [-0.25, -0.2) is 9.78 Å². The van der Waals surface area contributed by atoms with E-state index in [2.05, 4.69) is 10.3 Å². The second-order valence-electron chi connectivity index (χ2n) is 6.00. The fraction of sp³-hybridized carbons (Fsp3) is 0.211. The average molecular weight is 352 g/mol. The van der Waals surface area contributed by atoms with Crippen LogP contribution in [0.15, 0.2) is 48.5 Å². The van der Waals surface area contributed by atoms with Crippen LogP contribution in [0.2, 0.25) is 0 Å². The first kappa shape index (κ1) is 15.8. The molecule has 0 radical (unpaired) electrons. The molecule has 1 saturated carbocycles. The Bertz CT molecular complexity index is 914. The Hall–Kier alpha value is -2.73. The van der Waals surface area contributed by atoms with Gasteiger partial charge in [0.15, 0.2) is 0 Å². The van der Waals surface area contributed by atoms with Gasteiger partial charge in [0.2, 0.25) is 5.91 Å². The fourth-order valence-electron chi connectivity index (χ4n) is 2.51. The molecule has 0 atom stereocenters. The third-order valence-electron chi connectivity index (χ3n) is 3.98. The number of carbonyl (C=O) groups excluding carboxylic acids is 2. The number of benzene rings is 2. The summed E-state index contributed by atoms with van der Waals surface area (Å²) in [6.07, 6.45) is 1.88. The predicted octanol–water partition coefficient (Wildman–Crippen LogP) is 4.00. The van der Waals surface area contributed by atoms with Crippen LogP contribution in [0, 0.1) is 5.92 Å². The molecule has 25 heavy (non-hydrogen) atoms. The summed E-state index contributed by atoms with van der Waals surface area (Å²) in [5.41, 5.74) is 1.93. The summed E-state index contributed by atoms with van der Waals surface area (Å²) in [7, 11) is 0. The topological polar surface area (TPSA) is 68.3 Å². The zero-order valence-corrected chi connectivity index (χ0v) is 14.2. The van der Waals surface area contributed by atoms with E-state index in [-0.39, 0.29) is 18.4 Å². The highest BCUT2D eigenvalue weighted by molar-refractivity contribution is 7.18. The van der Waals surface area contributed by atoms with Gasteiger partial charge in [0, 0.05) is 11.6 Å². The molecule has 1 amide bonds. The number of anilines is 1. The van der Waals surface area contributed by atoms with Crippen molar-refractivity contribution in [1.82, 2.24) is 4.98 Å². The SMILES string of the molecule is O=C(OCc1nc2ccccc2s1)c1cccc(NC(=O)C2CC2)c1. The summed E-state index contributed by atoms with van der Waals surface area (Å²) in [6, 6.07) is 14.6. The highest BCUT2D eigenvalue weighted by Crippen LogP contribution is 2.30. The Morgan fingerprint density at radius 3 is 2.80 bits per heavy atom.